The number of nitrogens with zero attached hydrogens (tertiary/aromatic N) is 4. The Morgan fingerprint density at radius 3 is 2.60 bits per heavy atom. The van der Waals surface area contributed by atoms with Crippen molar-refractivity contribution in [3.05, 3.63) is 85.6 Å². The predicted octanol–water partition coefficient (Wildman–Crippen LogP) is 3.96. The number of rotatable bonds is 5. The first-order valence-electron chi connectivity index (χ1n) is 11.2. The SMILES string of the molecule is C=CC(=O)Nc1cccc(-c2cc(-c3ccc(C(=O)N4CCOCC4)nc3)cc3cncnc23)c1. The molecule has 174 valence electrons. The van der Waals surface area contributed by atoms with Gasteiger partial charge in [0.1, 0.15) is 12.0 Å². The Morgan fingerprint density at radius 1 is 0.971 bits per heavy atom. The fourth-order valence-electron chi connectivity index (χ4n) is 4.07. The van der Waals surface area contributed by atoms with Gasteiger partial charge in [-0.05, 0) is 47.5 Å². The third-order valence-electron chi connectivity index (χ3n) is 5.85. The zero-order chi connectivity index (χ0) is 24.2. The Balaban J connectivity index is 1.52. The second-order valence-corrected chi connectivity index (χ2v) is 8.10. The summed E-state index contributed by atoms with van der Waals surface area (Å²) in [6.07, 6.45) is 6.23. The number of benzene rings is 2. The molecule has 0 spiro atoms. The number of aromatic nitrogens is 3. The third-order valence-corrected chi connectivity index (χ3v) is 5.85. The fourth-order valence-corrected chi connectivity index (χ4v) is 4.07. The van der Waals surface area contributed by atoms with Crippen molar-refractivity contribution in [2.75, 3.05) is 31.6 Å². The zero-order valence-corrected chi connectivity index (χ0v) is 19.0. The van der Waals surface area contributed by atoms with Crippen LogP contribution in [-0.2, 0) is 9.53 Å². The van der Waals surface area contributed by atoms with E-state index in [9.17, 15) is 9.59 Å². The number of anilines is 1. The van der Waals surface area contributed by atoms with Crippen LogP contribution >= 0.6 is 0 Å². The number of amides is 2. The molecule has 2 aromatic heterocycles. The number of nitrogens with one attached hydrogen (secondary N) is 1. The number of fused-ring (bicyclic) bond motifs is 1. The second-order valence-electron chi connectivity index (χ2n) is 8.10. The van der Waals surface area contributed by atoms with Gasteiger partial charge >= 0.3 is 0 Å². The maximum absolute atomic E-state index is 12.7. The highest BCUT2D eigenvalue weighted by Gasteiger charge is 2.19. The number of hydrogen-bond acceptors (Lipinski definition) is 6. The van der Waals surface area contributed by atoms with Crippen LogP contribution < -0.4 is 5.32 Å². The summed E-state index contributed by atoms with van der Waals surface area (Å²) in [5, 5.41) is 3.67. The number of pyridine rings is 1. The minimum absolute atomic E-state index is 0.0918. The van der Waals surface area contributed by atoms with Crippen molar-refractivity contribution in [2.24, 2.45) is 0 Å². The van der Waals surface area contributed by atoms with Crippen LogP contribution in [0.5, 0.6) is 0 Å². The molecule has 0 aliphatic carbocycles. The highest BCUT2D eigenvalue weighted by Crippen LogP contribution is 2.33. The molecule has 35 heavy (non-hydrogen) atoms. The molecule has 2 amide bonds. The lowest BCUT2D eigenvalue weighted by Crippen LogP contribution is -2.41. The molecule has 1 aliphatic heterocycles. The predicted molar refractivity (Wildman–Crippen MR) is 134 cm³/mol. The van der Waals surface area contributed by atoms with Crippen LogP contribution in [0.4, 0.5) is 5.69 Å². The molecule has 8 heteroatoms. The van der Waals surface area contributed by atoms with Crippen molar-refractivity contribution >= 4 is 28.4 Å². The lowest BCUT2D eigenvalue weighted by atomic mass is 9.96. The summed E-state index contributed by atoms with van der Waals surface area (Å²) in [6, 6.07) is 15.2. The Hall–Kier alpha value is -4.43. The molecule has 1 fully saturated rings. The van der Waals surface area contributed by atoms with E-state index in [1.54, 1.807) is 23.4 Å². The Labute approximate surface area is 202 Å². The first-order chi connectivity index (χ1) is 17.1. The van der Waals surface area contributed by atoms with Gasteiger partial charge in [-0.15, -0.1) is 0 Å². The molecular formula is C27H23N5O3. The van der Waals surface area contributed by atoms with Gasteiger partial charge in [0.15, 0.2) is 0 Å². The van der Waals surface area contributed by atoms with Gasteiger partial charge in [-0.25, -0.2) is 9.97 Å². The number of carbonyl (C=O) groups excluding carboxylic acids is 2. The van der Waals surface area contributed by atoms with Crippen molar-refractivity contribution in [1.82, 2.24) is 19.9 Å². The van der Waals surface area contributed by atoms with Gasteiger partial charge in [0, 0.05) is 47.7 Å². The molecule has 8 nitrogen and oxygen atoms in total. The Bertz CT molecular complexity index is 1410. The van der Waals surface area contributed by atoms with Gasteiger partial charge in [-0.2, -0.15) is 0 Å². The summed E-state index contributed by atoms with van der Waals surface area (Å²) in [6.45, 7) is 5.74. The van der Waals surface area contributed by atoms with Gasteiger partial charge in [0.2, 0.25) is 5.91 Å². The molecule has 2 aromatic carbocycles. The van der Waals surface area contributed by atoms with E-state index < -0.39 is 0 Å². The van der Waals surface area contributed by atoms with Crippen LogP contribution in [0, 0.1) is 0 Å². The topological polar surface area (TPSA) is 97.3 Å². The second kappa shape index (κ2) is 9.82. The van der Waals surface area contributed by atoms with E-state index in [0.29, 0.717) is 37.7 Å². The number of hydrogen-bond donors (Lipinski definition) is 1. The summed E-state index contributed by atoms with van der Waals surface area (Å²) in [4.78, 5) is 39.4. The van der Waals surface area contributed by atoms with Gasteiger partial charge < -0.3 is 15.0 Å². The summed E-state index contributed by atoms with van der Waals surface area (Å²) in [5.74, 6) is -0.369. The van der Waals surface area contributed by atoms with Crippen LogP contribution in [0.3, 0.4) is 0 Å². The van der Waals surface area contributed by atoms with E-state index in [0.717, 1.165) is 33.2 Å². The highest BCUT2D eigenvalue weighted by atomic mass is 16.5. The van der Waals surface area contributed by atoms with E-state index in [1.807, 2.05) is 42.5 Å². The largest absolute Gasteiger partial charge is 0.378 e. The summed E-state index contributed by atoms with van der Waals surface area (Å²) >= 11 is 0. The van der Waals surface area contributed by atoms with Crippen molar-refractivity contribution < 1.29 is 14.3 Å². The molecule has 0 atom stereocenters. The lowest BCUT2D eigenvalue weighted by Gasteiger charge is -2.26. The van der Waals surface area contributed by atoms with E-state index >= 15 is 0 Å². The molecular weight excluding hydrogens is 442 g/mol. The van der Waals surface area contributed by atoms with Crippen molar-refractivity contribution in [3.8, 4) is 22.3 Å². The van der Waals surface area contributed by atoms with Gasteiger partial charge in [-0.3, -0.25) is 14.6 Å². The minimum Gasteiger partial charge on any atom is -0.378 e. The average Bonchev–Trinajstić information content (AvgIpc) is 2.92. The molecule has 0 saturated carbocycles. The van der Waals surface area contributed by atoms with Crippen LogP contribution in [-0.4, -0.2) is 58.0 Å². The van der Waals surface area contributed by atoms with Crippen LogP contribution in [0.1, 0.15) is 10.5 Å². The highest BCUT2D eigenvalue weighted by molar-refractivity contribution is 6.01. The minimum atomic E-state index is -0.277. The molecule has 1 N–H and O–H groups in total. The third kappa shape index (κ3) is 4.78. The summed E-state index contributed by atoms with van der Waals surface area (Å²) in [7, 11) is 0. The first kappa shape index (κ1) is 22.4. The standard InChI is InChI=1S/C27H23N5O3/c1-2-25(33)31-22-5-3-4-18(13-22)23-14-20(12-21-15-28-17-30-26(21)23)19-6-7-24(29-16-19)27(34)32-8-10-35-11-9-32/h2-7,12-17H,1,8-11H2,(H,31,33). The van der Waals surface area contributed by atoms with Crippen molar-refractivity contribution in [1.29, 1.82) is 0 Å². The monoisotopic (exact) mass is 465 g/mol. The Morgan fingerprint density at radius 2 is 1.83 bits per heavy atom. The average molecular weight is 466 g/mol. The van der Waals surface area contributed by atoms with Gasteiger partial charge in [0.25, 0.3) is 5.91 Å². The number of morpholine rings is 1. The van der Waals surface area contributed by atoms with Gasteiger partial charge in [0.05, 0.1) is 18.7 Å². The smallest absolute Gasteiger partial charge is 0.272 e. The van der Waals surface area contributed by atoms with Crippen LogP contribution in [0.2, 0.25) is 0 Å². The van der Waals surface area contributed by atoms with Crippen molar-refractivity contribution in [2.45, 2.75) is 0 Å². The Kier molecular flexibility index (Phi) is 6.28. The maximum atomic E-state index is 12.7. The maximum Gasteiger partial charge on any atom is 0.272 e. The number of carbonyl (C=O) groups is 2. The van der Waals surface area contributed by atoms with Crippen LogP contribution in [0.25, 0.3) is 33.2 Å². The van der Waals surface area contributed by atoms with E-state index in [-0.39, 0.29) is 11.8 Å². The van der Waals surface area contributed by atoms with E-state index in [2.05, 4.69) is 26.8 Å². The van der Waals surface area contributed by atoms with Gasteiger partial charge in [-0.1, -0.05) is 24.8 Å². The molecule has 4 aromatic rings. The first-order valence-corrected chi connectivity index (χ1v) is 11.2. The lowest BCUT2D eigenvalue weighted by molar-refractivity contribution is -0.111. The molecule has 3 heterocycles. The molecule has 0 bridgehead atoms. The molecule has 5 rings (SSSR count). The van der Waals surface area contributed by atoms with Crippen molar-refractivity contribution in [3.63, 3.8) is 0 Å². The molecule has 0 unspecified atom stereocenters. The quantitative estimate of drug-likeness (QED) is 0.448. The normalized spacial score (nSPS) is 13.4. The van der Waals surface area contributed by atoms with Crippen LogP contribution in [0.15, 0.2) is 79.9 Å². The number of ether oxygens (including phenoxy) is 1. The molecule has 1 aliphatic rings. The van der Waals surface area contributed by atoms with E-state index in [4.69, 9.17) is 4.74 Å². The molecule has 0 radical (unpaired) electrons. The summed E-state index contributed by atoms with van der Waals surface area (Å²) < 4.78 is 5.33. The zero-order valence-electron chi connectivity index (χ0n) is 19.0. The fraction of sp³-hybridized carbons (Fsp3) is 0.148. The molecule has 1 saturated heterocycles. The van der Waals surface area contributed by atoms with E-state index in [1.165, 1.54) is 12.4 Å². The summed E-state index contributed by atoms with van der Waals surface area (Å²) in [5.41, 5.74) is 5.43.